The Morgan fingerprint density at radius 3 is 2.70 bits per heavy atom. The fourth-order valence-electron chi connectivity index (χ4n) is 3.14. The molecule has 0 spiro atoms. The molecule has 1 N–H and O–H groups in total. The van der Waals surface area contributed by atoms with Gasteiger partial charge in [-0.25, -0.2) is 18.1 Å². The van der Waals surface area contributed by atoms with E-state index in [1.165, 1.54) is 11.3 Å². The number of rotatable bonds is 2. The lowest BCUT2D eigenvalue weighted by atomic mass is 10.1. The van der Waals surface area contributed by atoms with Crippen molar-refractivity contribution >= 4 is 27.0 Å². The van der Waals surface area contributed by atoms with Crippen LogP contribution in [0.15, 0.2) is 59.1 Å². The summed E-state index contributed by atoms with van der Waals surface area (Å²) in [4.78, 5) is 8.96. The summed E-state index contributed by atoms with van der Waals surface area (Å²) in [6, 6.07) is 10.7. The lowest BCUT2D eigenvalue weighted by molar-refractivity contribution is 0.601. The van der Waals surface area contributed by atoms with Crippen LogP contribution in [0.25, 0.3) is 27.6 Å². The molecule has 0 unspecified atom stereocenters. The van der Waals surface area contributed by atoms with Crippen LogP contribution >= 0.6 is 11.3 Å². The quantitative estimate of drug-likeness (QED) is 0.561. The number of benzene rings is 1. The number of thiazole rings is 1. The topological polar surface area (TPSA) is 89.8 Å². The van der Waals surface area contributed by atoms with Crippen LogP contribution in [0, 0.1) is 6.92 Å². The summed E-state index contributed by atoms with van der Waals surface area (Å²) in [5, 5.41) is 7.18. The summed E-state index contributed by atoms with van der Waals surface area (Å²) in [7, 11) is -3.61. The van der Waals surface area contributed by atoms with E-state index >= 15 is 0 Å². The monoisotopic (exact) mass is 395 g/mol. The molecular weight excluding hydrogens is 382 g/mol. The normalized spacial score (nSPS) is 14.3. The number of nitrogens with zero attached hydrogens (tertiary/aromatic N) is 4. The fraction of sp³-hybridized carbons (Fsp3) is 0.0556. The number of nitrogens with one attached hydrogen (secondary N) is 1. The van der Waals surface area contributed by atoms with E-state index in [0.717, 1.165) is 11.3 Å². The van der Waals surface area contributed by atoms with Crippen molar-refractivity contribution in [2.45, 2.75) is 11.8 Å². The van der Waals surface area contributed by atoms with Crippen LogP contribution in [0.4, 0.5) is 5.69 Å². The molecule has 4 aromatic rings. The molecule has 134 valence electrons. The number of anilines is 1. The first-order chi connectivity index (χ1) is 13.0. The fourth-order valence-corrected chi connectivity index (χ4v) is 5.26. The molecule has 1 aliphatic heterocycles. The van der Waals surface area contributed by atoms with Crippen molar-refractivity contribution in [2.75, 3.05) is 4.72 Å². The summed E-state index contributed by atoms with van der Waals surface area (Å²) in [6.07, 6.45) is 3.44. The Labute approximate surface area is 159 Å². The molecule has 1 aliphatic rings. The van der Waals surface area contributed by atoms with Gasteiger partial charge in [0.05, 0.1) is 22.0 Å². The number of hydrogen-bond donors (Lipinski definition) is 1. The van der Waals surface area contributed by atoms with Crippen LogP contribution in [0.1, 0.15) is 5.69 Å². The molecule has 0 saturated heterocycles. The minimum absolute atomic E-state index is 0.240. The highest BCUT2D eigenvalue weighted by molar-refractivity contribution is 7.93. The van der Waals surface area contributed by atoms with E-state index < -0.39 is 10.0 Å². The lowest BCUT2D eigenvalue weighted by Crippen LogP contribution is -2.19. The second-order valence-corrected chi connectivity index (χ2v) is 8.56. The van der Waals surface area contributed by atoms with Gasteiger partial charge in [0, 0.05) is 28.9 Å². The zero-order valence-corrected chi connectivity index (χ0v) is 15.8. The molecule has 7 nitrogen and oxygen atoms in total. The Hall–Kier alpha value is -3.04. The van der Waals surface area contributed by atoms with Gasteiger partial charge in [0.2, 0.25) is 5.13 Å². The molecule has 27 heavy (non-hydrogen) atoms. The van der Waals surface area contributed by atoms with Gasteiger partial charge in [0.1, 0.15) is 5.69 Å². The third-order valence-corrected chi connectivity index (χ3v) is 6.60. The van der Waals surface area contributed by atoms with Crippen molar-refractivity contribution in [2.24, 2.45) is 0 Å². The molecule has 0 fully saturated rings. The first-order valence-corrected chi connectivity index (χ1v) is 10.5. The number of fused-ring (bicyclic) bond motifs is 3. The van der Waals surface area contributed by atoms with Gasteiger partial charge in [-0.15, -0.1) is 11.3 Å². The standard InChI is InChI=1S/C18H13N5O2S2/c1-11-16-17(13-4-2-3-5-15(13)27(24,25)22-16)23(21-11)18-20-14(10-26-18)12-6-8-19-9-7-12/h2-10,22H,1H3. The van der Waals surface area contributed by atoms with Crippen molar-refractivity contribution < 1.29 is 8.42 Å². The Balaban J connectivity index is 1.71. The van der Waals surface area contributed by atoms with E-state index in [4.69, 9.17) is 4.98 Å². The van der Waals surface area contributed by atoms with E-state index in [9.17, 15) is 8.42 Å². The Bertz CT molecular complexity index is 1280. The molecule has 0 atom stereocenters. The van der Waals surface area contributed by atoms with Gasteiger partial charge in [-0.3, -0.25) is 9.71 Å². The van der Waals surface area contributed by atoms with Gasteiger partial charge in [-0.05, 0) is 25.1 Å². The minimum Gasteiger partial charge on any atom is -0.275 e. The van der Waals surface area contributed by atoms with Crippen molar-refractivity contribution in [3.63, 3.8) is 0 Å². The zero-order chi connectivity index (χ0) is 18.6. The van der Waals surface area contributed by atoms with Crippen molar-refractivity contribution in [3.05, 3.63) is 59.9 Å². The maximum atomic E-state index is 12.6. The predicted octanol–water partition coefficient (Wildman–Crippen LogP) is 3.48. The van der Waals surface area contributed by atoms with Crippen molar-refractivity contribution in [1.82, 2.24) is 19.7 Å². The predicted molar refractivity (Wildman–Crippen MR) is 103 cm³/mol. The molecule has 0 aliphatic carbocycles. The highest BCUT2D eigenvalue weighted by Crippen LogP contribution is 2.42. The summed E-state index contributed by atoms with van der Waals surface area (Å²) in [5.41, 5.74) is 4.20. The summed E-state index contributed by atoms with van der Waals surface area (Å²) in [5.74, 6) is 0. The van der Waals surface area contributed by atoms with Crippen LogP contribution in [0.2, 0.25) is 0 Å². The Kier molecular flexibility index (Phi) is 3.43. The molecule has 0 bridgehead atoms. The maximum Gasteiger partial charge on any atom is 0.262 e. The number of aromatic nitrogens is 4. The number of hydrogen-bond acceptors (Lipinski definition) is 6. The maximum absolute atomic E-state index is 12.6. The van der Waals surface area contributed by atoms with Crippen LogP contribution in [0.3, 0.4) is 0 Å². The third-order valence-electron chi connectivity index (χ3n) is 4.38. The summed E-state index contributed by atoms with van der Waals surface area (Å²) >= 11 is 1.45. The van der Waals surface area contributed by atoms with Gasteiger partial charge in [-0.2, -0.15) is 5.10 Å². The van der Waals surface area contributed by atoms with Crippen molar-refractivity contribution in [1.29, 1.82) is 0 Å². The smallest absolute Gasteiger partial charge is 0.262 e. The lowest BCUT2D eigenvalue weighted by Gasteiger charge is -2.19. The molecule has 5 rings (SSSR count). The van der Waals surface area contributed by atoms with E-state index in [1.54, 1.807) is 42.2 Å². The first-order valence-electron chi connectivity index (χ1n) is 8.13. The molecule has 0 radical (unpaired) electrons. The van der Waals surface area contributed by atoms with Crippen LogP contribution < -0.4 is 4.72 Å². The van der Waals surface area contributed by atoms with Crippen LogP contribution in [-0.2, 0) is 10.0 Å². The van der Waals surface area contributed by atoms with Crippen LogP contribution in [-0.4, -0.2) is 28.2 Å². The van der Waals surface area contributed by atoms with Crippen LogP contribution in [0.5, 0.6) is 0 Å². The zero-order valence-electron chi connectivity index (χ0n) is 14.1. The van der Waals surface area contributed by atoms with Gasteiger partial charge in [0.25, 0.3) is 10.0 Å². The second-order valence-electron chi connectivity index (χ2n) is 6.07. The van der Waals surface area contributed by atoms with Crippen molar-refractivity contribution in [3.8, 4) is 27.6 Å². The molecule has 3 aromatic heterocycles. The average Bonchev–Trinajstić information content (AvgIpc) is 3.28. The van der Waals surface area contributed by atoms with Gasteiger partial charge < -0.3 is 0 Å². The van der Waals surface area contributed by atoms with Gasteiger partial charge in [-0.1, -0.05) is 18.2 Å². The Morgan fingerprint density at radius 1 is 1.11 bits per heavy atom. The average molecular weight is 395 g/mol. The van der Waals surface area contributed by atoms with E-state index in [-0.39, 0.29) is 4.90 Å². The summed E-state index contributed by atoms with van der Waals surface area (Å²) in [6.45, 7) is 1.78. The largest absolute Gasteiger partial charge is 0.275 e. The first kappa shape index (κ1) is 16.2. The van der Waals surface area contributed by atoms with E-state index in [0.29, 0.717) is 27.8 Å². The van der Waals surface area contributed by atoms with Gasteiger partial charge >= 0.3 is 0 Å². The number of aryl methyl sites for hydroxylation is 1. The SMILES string of the molecule is Cc1nn(-c2nc(-c3ccncc3)cs2)c2c1NS(=O)(=O)c1ccccc1-2. The molecule has 0 saturated carbocycles. The molecule has 0 amide bonds. The number of pyridine rings is 1. The minimum atomic E-state index is -3.61. The molecule has 9 heteroatoms. The molecule has 4 heterocycles. The second kappa shape index (κ2) is 5.73. The number of sulfonamides is 1. The van der Waals surface area contributed by atoms with E-state index in [2.05, 4.69) is 14.8 Å². The van der Waals surface area contributed by atoms with Gasteiger partial charge in [0.15, 0.2) is 0 Å². The third kappa shape index (κ3) is 2.47. The molecular formula is C18H13N5O2S2. The molecule has 1 aromatic carbocycles. The highest BCUT2D eigenvalue weighted by atomic mass is 32.2. The Morgan fingerprint density at radius 2 is 1.89 bits per heavy atom. The van der Waals surface area contributed by atoms with E-state index in [1.807, 2.05) is 23.6 Å². The highest BCUT2D eigenvalue weighted by Gasteiger charge is 2.33. The summed E-state index contributed by atoms with van der Waals surface area (Å²) < 4.78 is 29.5.